The first-order valence-electron chi connectivity index (χ1n) is 15.3. The minimum absolute atomic E-state index is 0.144. The van der Waals surface area contributed by atoms with Gasteiger partial charge in [0.25, 0.3) is 0 Å². The Morgan fingerprint density at radius 1 is 0.846 bits per heavy atom. The number of allylic oxidation sites excluding steroid dienone is 15. The molecule has 0 N–H and O–H groups in total. The van der Waals surface area contributed by atoms with Gasteiger partial charge in [-0.3, -0.25) is 4.79 Å². The van der Waals surface area contributed by atoms with Gasteiger partial charge in [0, 0.05) is 6.42 Å². The standard InChI is InChI=1S/C37H56O2/c1-7-8-9-10-11-12-13-14-15-16-17-18-19-20-21-27-36(38)39-31-33(3)25-22-24-32(2)28-29-35-34(4)26-23-30-37(35,5)6/h10-15,22,24-25,28-29,31H,7-9,16-21,23,26-27,30H2,1-6H3/b11-10-,13-12+,15-14-,25-22+,29-28+,32-24+,33-31+. The molecule has 0 saturated heterocycles. The van der Waals surface area contributed by atoms with E-state index < -0.39 is 0 Å². The highest BCUT2D eigenvalue weighted by molar-refractivity contribution is 5.70. The van der Waals surface area contributed by atoms with E-state index in [1.165, 1.54) is 74.5 Å². The van der Waals surface area contributed by atoms with Gasteiger partial charge in [0.1, 0.15) is 0 Å². The minimum Gasteiger partial charge on any atom is -0.434 e. The number of carbonyl (C=O) groups excluding carboxylic acids is 1. The van der Waals surface area contributed by atoms with Crippen molar-refractivity contribution in [2.75, 3.05) is 0 Å². The molecule has 0 aromatic heterocycles. The molecule has 0 unspecified atom stereocenters. The van der Waals surface area contributed by atoms with Crippen LogP contribution in [0.2, 0.25) is 0 Å². The van der Waals surface area contributed by atoms with Crippen LogP contribution in [0.4, 0.5) is 0 Å². The van der Waals surface area contributed by atoms with Gasteiger partial charge in [0.15, 0.2) is 0 Å². The Kier molecular flexibility index (Phi) is 18.7. The van der Waals surface area contributed by atoms with Crippen LogP contribution in [0.1, 0.15) is 125 Å². The van der Waals surface area contributed by atoms with Crippen LogP contribution in [-0.2, 0) is 9.53 Å². The molecule has 2 nitrogen and oxygen atoms in total. The van der Waals surface area contributed by atoms with Crippen LogP contribution in [0.3, 0.4) is 0 Å². The van der Waals surface area contributed by atoms with Crippen LogP contribution in [0.5, 0.6) is 0 Å². The maximum atomic E-state index is 12.0. The second-order valence-electron chi connectivity index (χ2n) is 11.6. The summed E-state index contributed by atoms with van der Waals surface area (Å²) in [6.45, 7) is 13.3. The smallest absolute Gasteiger partial charge is 0.310 e. The lowest BCUT2D eigenvalue weighted by atomic mass is 9.72. The number of hydrogen-bond donors (Lipinski definition) is 0. The van der Waals surface area contributed by atoms with E-state index in [0.29, 0.717) is 6.42 Å². The Labute approximate surface area is 241 Å². The van der Waals surface area contributed by atoms with Crippen LogP contribution < -0.4 is 0 Å². The topological polar surface area (TPSA) is 26.3 Å². The summed E-state index contributed by atoms with van der Waals surface area (Å²) in [6, 6.07) is 0. The van der Waals surface area contributed by atoms with E-state index in [9.17, 15) is 4.79 Å². The highest BCUT2D eigenvalue weighted by atomic mass is 16.5. The fourth-order valence-corrected chi connectivity index (χ4v) is 4.75. The van der Waals surface area contributed by atoms with Gasteiger partial charge in [0.2, 0.25) is 0 Å². The number of ether oxygens (including phenoxy) is 1. The summed E-state index contributed by atoms with van der Waals surface area (Å²) >= 11 is 0. The third-order valence-corrected chi connectivity index (χ3v) is 7.23. The Hall–Kier alpha value is -2.61. The fourth-order valence-electron chi connectivity index (χ4n) is 4.75. The molecule has 0 fully saturated rings. The first kappa shape index (κ1) is 34.4. The van der Waals surface area contributed by atoms with Crippen molar-refractivity contribution in [1.82, 2.24) is 0 Å². The lowest BCUT2D eigenvalue weighted by Gasteiger charge is -2.32. The van der Waals surface area contributed by atoms with Crippen LogP contribution in [0, 0.1) is 5.41 Å². The van der Waals surface area contributed by atoms with E-state index in [0.717, 1.165) is 24.8 Å². The first-order valence-corrected chi connectivity index (χ1v) is 15.3. The highest BCUT2D eigenvalue weighted by Gasteiger charge is 2.26. The van der Waals surface area contributed by atoms with Crippen molar-refractivity contribution in [2.24, 2.45) is 5.41 Å². The summed E-state index contributed by atoms with van der Waals surface area (Å²) < 4.78 is 5.33. The van der Waals surface area contributed by atoms with E-state index in [1.807, 2.05) is 19.1 Å². The zero-order valence-corrected chi connectivity index (χ0v) is 25.9. The van der Waals surface area contributed by atoms with E-state index in [1.54, 1.807) is 6.26 Å². The summed E-state index contributed by atoms with van der Waals surface area (Å²) in [5.74, 6) is -0.144. The van der Waals surface area contributed by atoms with Gasteiger partial charge >= 0.3 is 5.97 Å². The molecule has 0 radical (unpaired) electrons. The summed E-state index contributed by atoms with van der Waals surface area (Å²) in [5.41, 5.74) is 5.40. The van der Waals surface area contributed by atoms with Crippen LogP contribution in [-0.4, -0.2) is 5.97 Å². The molecule has 0 bridgehead atoms. The lowest BCUT2D eigenvalue weighted by molar-refractivity contribution is -0.138. The second kappa shape index (κ2) is 21.2. The van der Waals surface area contributed by atoms with Crippen molar-refractivity contribution < 1.29 is 9.53 Å². The minimum atomic E-state index is -0.144. The summed E-state index contributed by atoms with van der Waals surface area (Å²) in [6.07, 6.45) is 39.7. The molecule has 0 saturated carbocycles. The predicted molar refractivity (Wildman–Crippen MR) is 171 cm³/mol. The quantitative estimate of drug-likeness (QED) is 0.0759. The Bertz CT molecular complexity index is 944. The molecular weight excluding hydrogens is 476 g/mol. The number of esters is 1. The lowest BCUT2D eigenvalue weighted by Crippen LogP contribution is -2.19. The average Bonchev–Trinajstić information content (AvgIpc) is 2.89. The van der Waals surface area contributed by atoms with Crippen molar-refractivity contribution >= 4 is 5.97 Å². The van der Waals surface area contributed by atoms with Crippen LogP contribution in [0.15, 0.2) is 95.4 Å². The maximum Gasteiger partial charge on any atom is 0.310 e. The third kappa shape index (κ3) is 17.6. The van der Waals surface area contributed by atoms with Crippen molar-refractivity contribution in [2.45, 2.75) is 125 Å². The molecule has 0 heterocycles. The number of hydrogen-bond acceptors (Lipinski definition) is 2. The van der Waals surface area contributed by atoms with Gasteiger partial charge in [-0.25, -0.2) is 0 Å². The van der Waals surface area contributed by atoms with Gasteiger partial charge in [-0.2, -0.15) is 0 Å². The summed E-state index contributed by atoms with van der Waals surface area (Å²) in [4.78, 5) is 12.0. The van der Waals surface area contributed by atoms with Gasteiger partial charge in [-0.1, -0.05) is 131 Å². The molecule has 0 aliphatic heterocycles. The van der Waals surface area contributed by atoms with E-state index in [4.69, 9.17) is 4.74 Å². The van der Waals surface area contributed by atoms with Crippen molar-refractivity contribution in [3.63, 3.8) is 0 Å². The molecule has 1 aliphatic carbocycles. The van der Waals surface area contributed by atoms with Crippen LogP contribution >= 0.6 is 0 Å². The molecular formula is C37H56O2. The SMILES string of the molecule is CCCC\C=C/C=C/C=C\CCCCCCCC(=O)O/C=C(C)/C=C/C=C(C)/C=C/C1=C(C)CCCC1(C)C. The molecule has 0 atom stereocenters. The Morgan fingerprint density at radius 3 is 2.21 bits per heavy atom. The third-order valence-electron chi connectivity index (χ3n) is 7.23. The largest absolute Gasteiger partial charge is 0.434 e. The van der Waals surface area contributed by atoms with Gasteiger partial charge < -0.3 is 4.74 Å². The molecule has 0 spiro atoms. The molecule has 216 valence electrons. The first-order chi connectivity index (χ1) is 18.8. The molecule has 39 heavy (non-hydrogen) atoms. The van der Waals surface area contributed by atoms with E-state index in [-0.39, 0.29) is 11.4 Å². The molecule has 2 heteroatoms. The molecule has 1 rings (SSSR count). The van der Waals surface area contributed by atoms with Crippen LogP contribution in [0.25, 0.3) is 0 Å². The molecule has 0 aromatic rings. The normalized spacial score (nSPS) is 17.2. The fraction of sp³-hybridized carbons (Fsp3) is 0.541. The second-order valence-corrected chi connectivity index (χ2v) is 11.6. The molecule has 1 aliphatic rings. The van der Waals surface area contributed by atoms with Gasteiger partial charge in [0.05, 0.1) is 6.26 Å². The number of unbranched alkanes of at least 4 members (excludes halogenated alkanes) is 7. The zero-order valence-electron chi connectivity index (χ0n) is 25.9. The van der Waals surface area contributed by atoms with Crippen molar-refractivity contribution in [3.8, 4) is 0 Å². The summed E-state index contributed by atoms with van der Waals surface area (Å²) in [7, 11) is 0. The highest BCUT2D eigenvalue weighted by Crippen LogP contribution is 2.40. The summed E-state index contributed by atoms with van der Waals surface area (Å²) in [5, 5.41) is 0. The van der Waals surface area contributed by atoms with Crippen molar-refractivity contribution in [3.05, 3.63) is 95.4 Å². The van der Waals surface area contributed by atoms with E-state index >= 15 is 0 Å². The monoisotopic (exact) mass is 532 g/mol. The molecule has 0 amide bonds. The predicted octanol–water partition coefficient (Wildman–Crippen LogP) is 11.6. The van der Waals surface area contributed by atoms with Gasteiger partial charge in [-0.05, 0) is 82.3 Å². The van der Waals surface area contributed by atoms with Gasteiger partial charge in [-0.15, -0.1) is 0 Å². The maximum absolute atomic E-state index is 12.0. The number of rotatable bonds is 18. The van der Waals surface area contributed by atoms with E-state index in [2.05, 4.69) is 89.3 Å². The van der Waals surface area contributed by atoms with Crippen molar-refractivity contribution in [1.29, 1.82) is 0 Å². The number of carbonyl (C=O) groups is 1. The Morgan fingerprint density at radius 2 is 1.51 bits per heavy atom. The molecule has 0 aromatic carbocycles. The zero-order chi connectivity index (χ0) is 28.8. The average molecular weight is 533 g/mol. The Balaban J connectivity index is 2.19.